The van der Waals surface area contributed by atoms with Gasteiger partial charge in [0.2, 0.25) is 5.91 Å². The lowest BCUT2D eigenvalue weighted by molar-refractivity contribution is -0.117. The predicted molar refractivity (Wildman–Crippen MR) is 76.3 cm³/mol. The van der Waals surface area contributed by atoms with Crippen LogP contribution in [0, 0.1) is 0 Å². The highest BCUT2D eigenvalue weighted by Gasteiger charge is 2.11. The van der Waals surface area contributed by atoms with E-state index in [1.54, 1.807) is 6.07 Å². The zero-order chi connectivity index (χ0) is 14.5. The molecule has 0 radical (unpaired) electrons. The van der Waals surface area contributed by atoms with Gasteiger partial charge < -0.3 is 20.4 Å². The Labute approximate surface area is 117 Å². The van der Waals surface area contributed by atoms with Crippen molar-refractivity contribution in [2.24, 2.45) is 0 Å². The Morgan fingerprint density at radius 2 is 2.15 bits per heavy atom. The summed E-state index contributed by atoms with van der Waals surface area (Å²) >= 11 is 0. The Hall–Kier alpha value is -2.43. The maximum absolute atomic E-state index is 11.9. The Morgan fingerprint density at radius 3 is 2.85 bits per heavy atom. The summed E-state index contributed by atoms with van der Waals surface area (Å²) < 4.78 is 0. The molecule has 1 aromatic carbocycles. The van der Waals surface area contributed by atoms with Crippen molar-refractivity contribution in [1.82, 2.24) is 10.2 Å². The van der Waals surface area contributed by atoms with Crippen LogP contribution < -0.4 is 5.32 Å². The van der Waals surface area contributed by atoms with Crippen LogP contribution in [0.25, 0.3) is 0 Å². The fourth-order valence-corrected chi connectivity index (χ4v) is 1.99. The second-order valence-corrected chi connectivity index (χ2v) is 4.78. The molecule has 5 heteroatoms. The molecule has 0 fully saturated rings. The first-order valence-corrected chi connectivity index (χ1v) is 6.43. The Morgan fingerprint density at radius 1 is 1.35 bits per heavy atom. The topological polar surface area (TPSA) is 72.8 Å². The molecule has 106 valence electrons. The molecule has 3 N–H and O–H groups in total. The lowest BCUT2D eigenvalue weighted by atomic mass is 10.1. The summed E-state index contributed by atoms with van der Waals surface area (Å²) in [4.78, 5) is 13.9. The highest BCUT2D eigenvalue weighted by atomic mass is 16.3. The first-order valence-electron chi connectivity index (χ1n) is 6.43. The number of rotatable bonds is 4. The standard InChI is InChI=1S/C15H18N2O3/c1-17-8-2-3-12(10-17)15(20)16-7-6-11-4-5-13(18)14(19)9-11/h2-5,8-9,18-19H,6-7,10H2,1H3,(H,16,20). The van der Waals surface area contributed by atoms with E-state index in [2.05, 4.69) is 5.32 Å². The Kier molecular flexibility index (Phi) is 4.30. The molecule has 2 rings (SSSR count). The Balaban J connectivity index is 1.83. The van der Waals surface area contributed by atoms with E-state index in [1.165, 1.54) is 12.1 Å². The fraction of sp³-hybridized carbons (Fsp3) is 0.267. The molecule has 0 bridgehead atoms. The third-order valence-corrected chi connectivity index (χ3v) is 3.09. The Bertz CT molecular complexity index is 564. The number of aromatic hydroxyl groups is 2. The van der Waals surface area contributed by atoms with Crippen molar-refractivity contribution in [2.45, 2.75) is 6.42 Å². The van der Waals surface area contributed by atoms with Crippen LogP contribution in [0.1, 0.15) is 5.56 Å². The molecule has 0 unspecified atom stereocenters. The van der Waals surface area contributed by atoms with Crippen molar-refractivity contribution in [3.63, 3.8) is 0 Å². The number of carbonyl (C=O) groups is 1. The minimum Gasteiger partial charge on any atom is -0.504 e. The summed E-state index contributed by atoms with van der Waals surface area (Å²) in [6.07, 6.45) is 6.16. The summed E-state index contributed by atoms with van der Waals surface area (Å²) in [5.41, 5.74) is 1.58. The van der Waals surface area contributed by atoms with Crippen LogP contribution >= 0.6 is 0 Å². The molecule has 0 spiro atoms. The van der Waals surface area contributed by atoms with Crippen LogP contribution in [0.15, 0.2) is 42.1 Å². The van der Waals surface area contributed by atoms with Gasteiger partial charge in [0.05, 0.1) is 0 Å². The predicted octanol–water partition coefficient (Wildman–Crippen LogP) is 1.14. The van der Waals surface area contributed by atoms with E-state index in [0.717, 1.165) is 11.1 Å². The van der Waals surface area contributed by atoms with E-state index in [0.29, 0.717) is 19.5 Å². The van der Waals surface area contributed by atoms with Crippen LogP contribution in [0.3, 0.4) is 0 Å². The SMILES string of the molecule is CN1C=CC=C(C(=O)NCCc2ccc(O)c(O)c2)C1. The normalized spacial score (nSPS) is 14.1. The third-order valence-electron chi connectivity index (χ3n) is 3.09. The van der Waals surface area contributed by atoms with Gasteiger partial charge in [0, 0.05) is 25.7 Å². The van der Waals surface area contributed by atoms with Crippen molar-refractivity contribution in [3.8, 4) is 11.5 Å². The molecule has 0 atom stereocenters. The third kappa shape index (κ3) is 3.54. The minimum absolute atomic E-state index is 0.0794. The van der Waals surface area contributed by atoms with Gasteiger partial charge in [-0.25, -0.2) is 0 Å². The minimum atomic E-state index is -0.143. The molecule has 0 saturated heterocycles. The number of amides is 1. The lowest BCUT2D eigenvalue weighted by Crippen LogP contribution is -2.32. The number of hydrogen-bond acceptors (Lipinski definition) is 4. The molecular weight excluding hydrogens is 256 g/mol. The summed E-state index contributed by atoms with van der Waals surface area (Å²) in [5.74, 6) is -0.361. The average Bonchev–Trinajstić information content (AvgIpc) is 2.42. The van der Waals surface area contributed by atoms with E-state index < -0.39 is 0 Å². The van der Waals surface area contributed by atoms with E-state index in [4.69, 9.17) is 0 Å². The van der Waals surface area contributed by atoms with Gasteiger partial charge in [-0.15, -0.1) is 0 Å². The number of nitrogens with one attached hydrogen (secondary N) is 1. The van der Waals surface area contributed by atoms with Gasteiger partial charge >= 0.3 is 0 Å². The number of hydrogen-bond donors (Lipinski definition) is 3. The molecule has 20 heavy (non-hydrogen) atoms. The largest absolute Gasteiger partial charge is 0.504 e. The van der Waals surface area contributed by atoms with Crippen molar-refractivity contribution < 1.29 is 15.0 Å². The van der Waals surface area contributed by atoms with Crippen LogP contribution in [0.4, 0.5) is 0 Å². The van der Waals surface area contributed by atoms with Crippen LogP contribution in [-0.2, 0) is 11.2 Å². The van der Waals surface area contributed by atoms with Gasteiger partial charge in [-0.2, -0.15) is 0 Å². The zero-order valence-electron chi connectivity index (χ0n) is 11.3. The van der Waals surface area contributed by atoms with Gasteiger partial charge in [0.25, 0.3) is 0 Å². The number of likely N-dealkylation sites (N-methyl/N-ethyl adjacent to an activating group) is 1. The maximum Gasteiger partial charge on any atom is 0.249 e. The van der Waals surface area contributed by atoms with E-state index >= 15 is 0 Å². The molecule has 1 aliphatic heterocycles. The van der Waals surface area contributed by atoms with Gasteiger partial charge in [0.1, 0.15) is 0 Å². The van der Waals surface area contributed by atoms with Gasteiger partial charge in [0.15, 0.2) is 11.5 Å². The number of phenols is 2. The summed E-state index contributed by atoms with van der Waals surface area (Å²) in [6.45, 7) is 1.08. The van der Waals surface area contributed by atoms with Crippen molar-refractivity contribution in [3.05, 3.63) is 47.7 Å². The smallest absolute Gasteiger partial charge is 0.249 e. The number of carbonyl (C=O) groups excluding carboxylic acids is 1. The van der Waals surface area contributed by atoms with E-state index in [1.807, 2.05) is 30.3 Å². The average molecular weight is 274 g/mol. The highest BCUT2D eigenvalue weighted by molar-refractivity contribution is 5.94. The quantitative estimate of drug-likeness (QED) is 0.720. The summed E-state index contributed by atoms with van der Waals surface area (Å²) in [7, 11) is 1.91. The van der Waals surface area contributed by atoms with Gasteiger partial charge in [-0.3, -0.25) is 4.79 Å². The fourth-order valence-electron chi connectivity index (χ4n) is 1.99. The number of phenolic OH excluding ortho intramolecular Hbond substituents is 2. The highest BCUT2D eigenvalue weighted by Crippen LogP contribution is 2.24. The molecule has 0 saturated carbocycles. The monoisotopic (exact) mass is 274 g/mol. The van der Waals surface area contributed by atoms with Gasteiger partial charge in [-0.1, -0.05) is 12.1 Å². The molecular formula is C15H18N2O3. The first kappa shape index (κ1) is 14.0. The van der Waals surface area contributed by atoms with Crippen molar-refractivity contribution >= 4 is 5.91 Å². The molecule has 1 aliphatic rings. The van der Waals surface area contributed by atoms with Crippen LogP contribution in [0.5, 0.6) is 11.5 Å². The zero-order valence-corrected chi connectivity index (χ0v) is 11.3. The lowest BCUT2D eigenvalue weighted by Gasteiger charge is -2.19. The van der Waals surface area contributed by atoms with Crippen LogP contribution in [0.2, 0.25) is 0 Å². The molecule has 0 aromatic heterocycles. The number of nitrogens with zero attached hydrogens (tertiary/aromatic N) is 1. The van der Waals surface area contributed by atoms with Crippen LogP contribution in [-0.4, -0.2) is 41.2 Å². The second-order valence-electron chi connectivity index (χ2n) is 4.78. The number of benzene rings is 1. The number of allylic oxidation sites excluding steroid dienone is 2. The molecule has 1 heterocycles. The molecule has 1 amide bonds. The van der Waals surface area contributed by atoms with E-state index in [-0.39, 0.29) is 17.4 Å². The summed E-state index contributed by atoms with van der Waals surface area (Å²) in [6, 6.07) is 4.66. The molecule has 0 aliphatic carbocycles. The van der Waals surface area contributed by atoms with Gasteiger partial charge in [-0.05, 0) is 36.4 Å². The maximum atomic E-state index is 11.9. The summed E-state index contributed by atoms with van der Waals surface area (Å²) in [5, 5.41) is 21.4. The van der Waals surface area contributed by atoms with Crippen molar-refractivity contribution in [1.29, 1.82) is 0 Å². The first-order chi connectivity index (χ1) is 9.56. The molecule has 1 aromatic rings. The second kappa shape index (κ2) is 6.14. The molecule has 5 nitrogen and oxygen atoms in total. The van der Waals surface area contributed by atoms with Crippen molar-refractivity contribution in [2.75, 3.05) is 20.1 Å². The van der Waals surface area contributed by atoms with E-state index in [9.17, 15) is 15.0 Å².